The van der Waals surface area contributed by atoms with Crippen molar-refractivity contribution in [2.75, 3.05) is 25.3 Å². The lowest BCUT2D eigenvalue weighted by molar-refractivity contribution is -0.153. The van der Waals surface area contributed by atoms with Crippen molar-refractivity contribution in [3.8, 4) is 5.75 Å². The first-order valence-electron chi connectivity index (χ1n) is 18.8. The third-order valence-electron chi connectivity index (χ3n) is 10.3. The number of anilines is 1. The molecule has 0 aliphatic carbocycles. The summed E-state index contributed by atoms with van der Waals surface area (Å²) in [6.07, 6.45) is -0.0477. The Morgan fingerprint density at radius 1 is 0.915 bits per heavy atom. The number of thiazole rings is 1. The molecular weight excluding hydrogens is 789 g/mol. The molecule has 300 valence electrons. The quantitative estimate of drug-likeness (QED) is 0.0419. The van der Waals surface area contributed by atoms with Gasteiger partial charge in [0, 0.05) is 23.1 Å². The SMILES string of the molecule is CO/N=C(\C(=O)NC1C(=O)N2C(C(=O)OCc3ccc(OC)cc3)=C([C@@H]3CC(C)=NO3)CSC12)c1csc(NC(c2ccccc2)(c2ccccc2)c2ccccc2)n1. The van der Waals surface area contributed by atoms with Crippen molar-refractivity contribution >= 4 is 57.4 Å². The summed E-state index contributed by atoms with van der Waals surface area (Å²) in [6.45, 7) is 1.82. The number of aromatic nitrogens is 1. The number of benzene rings is 4. The summed E-state index contributed by atoms with van der Waals surface area (Å²) in [5.41, 5.74) is 4.46. The van der Waals surface area contributed by atoms with Gasteiger partial charge in [-0.3, -0.25) is 14.5 Å². The number of fused-ring (bicyclic) bond motifs is 1. The molecule has 0 spiro atoms. The lowest BCUT2D eigenvalue weighted by Crippen LogP contribution is -2.71. The van der Waals surface area contributed by atoms with Crippen LogP contribution in [0, 0.1) is 0 Å². The molecule has 1 aromatic heterocycles. The molecule has 4 heterocycles. The number of β-lactam (4-membered cyclic amide) rings is 1. The zero-order valence-corrected chi connectivity index (χ0v) is 34.0. The number of nitrogens with zero attached hydrogens (tertiary/aromatic N) is 4. The van der Waals surface area contributed by atoms with Gasteiger partial charge in [0.2, 0.25) is 0 Å². The maximum atomic E-state index is 14.0. The number of rotatable bonds is 14. The molecule has 2 unspecified atom stereocenters. The Hall–Kier alpha value is -6.45. The van der Waals surface area contributed by atoms with Gasteiger partial charge >= 0.3 is 5.97 Å². The average molecular weight is 829 g/mol. The number of ether oxygens (including phenoxy) is 2. The van der Waals surface area contributed by atoms with E-state index in [4.69, 9.17) is 24.1 Å². The van der Waals surface area contributed by atoms with Crippen molar-refractivity contribution in [2.45, 2.75) is 43.0 Å². The van der Waals surface area contributed by atoms with E-state index < -0.39 is 40.8 Å². The topological polar surface area (TPSA) is 153 Å². The molecule has 5 aromatic rings. The Morgan fingerprint density at radius 3 is 2.10 bits per heavy atom. The van der Waals surface area contributed by atoms with E-state index in [2.05, 4.69) is 57.3 Å². The number of nitrogens with one attached hydrogen (secondary N) is 2. The van der Waals surface area contributed by atoms with E-state index in [9.17, 15) is 14.4 Å². The van der Waals surface area contributed by atoms with Crippen LogP contribution in [0.15, 0.2) is 142 Å². The number of amides is 2. The fourth-order valence-corrected chi connectivity index (χ4v) is 9.55. The monoisotopic (exact) mass is 828 g/mol. The van der Waals surface area contributed by atoms with Gasteiger partial charge in [-0.2, -0.15) is 0 Å². The number of hydrogen-bond acceptors (Lipinski definition) is 13. The van der Waals surface area contributed by atoms with Crippen LogP contribution in [0.5, 0.6) is 5.75 Å². The maximum Gasteiger partial charge on any atom is 0.355 e. The van der Waals surface area contributed by atoms with E-state index in [-0.39, 0.29) is 23.7 Å². The van der Waals surface area contributed by atoms with E-state index in [1.165, 1.54) is 35.1 Å². The lowest BCUT2D eigenvalue weighted by Gasteiger charge is -2.50. The van der Waals surface area contributed by atoms with Gasteiger partial charge in [0.1, 0.15) is 47.8 Å². The Bertz CT molecular complexity index is 2330. The van der Waals surface area contributed by atoms with Crippen molar-refractivity contribution < 1.29 is 33.5 Å². The van der Waals surface area contributed by atoms with E-state index in [1.807, 2.05) is 61.5 Å². The van der Waals surface area contributed by atoms with Crippen LogP contribution in [0.2, 0.25) is 0 Å². The summed E-state index contributed by atoms with van der Waals surface area (Å²) in [5.74, 6) is -0.783. The molecule has 0 saturated carbocycles. The van der Waals surface area contributed by atoms with Gasteiger partial charge in [-0.1, -0.05) is 113 Å². The van der Waals surface area contributed by atoms with Crippen LogP contribution in [-0.4, -0.2) is 76.6 Å². The van der Waals surface area contributed by atoms with Crippen molar-refractivity contribution in [1.82, 2.24) is 15.2 Å². The third-order valence-corrected chi connectivity index (χ3v) is 12.3. The van der Waals surface area contributed by atoms with Gasteiger partial charge in [0.15, 0.2) is 16.9 Å². The highest BCUT2D eigenvalue weighted by atomic mass is 32.2. The van der Waals surface area contributed by atoms with Crippen molar-refractivity contribution in [2.24, 2.45) is 10.3 Å². The molecule has 0 bridgehead atoms. The molecule has 2 amide bonds. The Morgan fingerprint density at radius 2 is 1.54 bits per heavy atom. The van der Waals surface area contributed by atoms with E-state index in [0.29, 0.717) is 28.6 Å². The predicted molar refractivity (Wildman–Crippen MR) is 226 cm³/mol. The van der Waals surface area contributed by atoms with Gasteiger partial charge in [-0.25, -0.2) is 9.78 Å². The fraction of sp³-hybridized carbons (Fsp3) is 0.227. The summed E-state index contributed by atoms with van der Waals surface area (Å²) in [7, 11) is 2.91. The van der Waals surface area contributed by atoms with Crippen molar-refractivity contribution in [3.63, 3.8) is 0 Å². The molecule has 59 heavy (non-hydrogen) atoms. The van der Waals surface area contributed by atoms with Crippen LogP contribution < -0.4 is 15.4 Å². The first kappa shape index (κ1) is 39.4. The van der Waals surface area contributed by atoms with Crippen LogP contribution in [0.1, 0.15) is 41.3 Å². The van der Waals surface area contributed by atoms with Crippen LogP contribution in [0.4, 0.5) is 5.13 Å². The number of hydrogen-bond donors (Lipinski definition) is 2. The molecule has 4 aromatic carbocycles. The molecule has 13 nitrogen and oxygen atoms in total. The molecule has 1 fully saturated rings. The standard InChI is InChI=1S/C44H40N6O7S2/c1-27-23-35(57-48-27)33-25-58-41-37(40(52)50(41)38(33)42(53)56-24-28-19-21-32(54-2)22-20-28)46-39(51)36(49-55-3)34-26-59-43(45-34)47-44(29-13-7-4-8-14-29,30-15-9-5-10-16-30)31-17-11-6-12-18-31/h4-22,26,35,37,41H,23-25H2,1-3H3,(H,45,47)(H,46,51)/b49-36-/t35-,37?,41?/m0/s1. The first-order chi connectivity index (χ1) is 28.8. The molecular formula is C44H40N6O7S2. The van der Waals surface area contributed by atoms with Gasteiger partial charge in [0.25, 0.3) is 11.8 Å². The van der Waals surface area contributed by atoms with Gasteiger partial charge in [-0.05, 0) is 41.3 Å². The van der Waals surface area contributed by atoms with Crippen LogP contribution in [-0.2, 0) is 40.9 Å². The average Bonchev–Trinajstić information content (AvgIpc) is 3.94. The predicted octanol–water partition coefficient (Wildman–Crippen LogP) is 6.47. The van der Waals surface area contributed by atoms with Gasteiger partial charge in [0.05, 0.1) is 12.8 Å². The van der Waals surface area contributed by atoms with Crippen LogP contribution in [0.25, 0.3) is 0 Å². The second kappa shape index (κ2) is 17.2. The van der Waals surface area contributed by atoms with E-state index in [1.54, 1.807) is 36.8 Å². The summed E-state index contributed by atoms with van der Waals surface area (Å²) in [4.78, 5) is 58.9. The molecule has 0 radical (unpaired) electrons. The first-order valence-corrected chi connectivity index (χ1v) is 20.7. The smallest absolute Gasteiger partial charge is 0.355 e. The molecule has 3 atom stereocenters. The molecule has 3 aliphatic rings. The lowest BCUT2D eigenvalue weighted by atomic mass is 9.77. The summed E-state index contributed by atoms with van der Waals surface area (Å²) < 4.78 is 11.0. The highest BCUT2D eigenvalue weighted by molar-refractivity contribution is 8.00. The third kappa shape index (κ3) is 7.78. The largest absolute Gasteiger partial charge is 0.497 e. The summed E-state index contributed by atoms with van der Waals surface area (Å²) in [6, 6.07) is 36.4. The second-order valence-corrected chi connectivity index (χ2v) is 15.9. The van der Waals surface area contributed by atoms with Crippen molar-refractivity contribution in [3.05, 3.63) is 160 Å². The molecule has 3 aliphatic heterocycles. The summed E-state index contributed by atoms with van der Waals surface area (Å²) in [5, 5.41) is 16.3. The van der Waals surface area contributed by atoms with Gasteiger partial charge < -0.3 is 29.8 Å². The zero-order valence-electron chi connectivity index (χ0n) is 32.4. The highest BCUT2D eigenvalue weighted by Gasteiger charge is 2.56. The molecule has 1 saturated heterocycles. The minimum absolute atomic E-state index is 0.0227. The number of methoxy groups -OCH3 is 1. The maximum absolute atomic E-state index is 14.0. The fourth-order valence-electron chi connectivity index (χ4n) is 7.39. The number of carbonyl (C=O) groups is 3. The normalized spacial score (nSPS) is 18.9. The highest BCUT2D eigenvalue weighted by Crippen LogP contribution is 2.44. The molecule has 2 N–H and O–H groups in total. The zero-order chi connectivity index (χ0) is 40.9. The number of esters is 1. The minimum Gasteiger partial charge on any atom is -0.497 e. The molecule has 15 heteroatoms. The van der Waals surface area contributed by atoms with Crippen LogP contribution >= 0.6 is 23.1 Å². The van der Waals surface area contributed by atoms with Crippen molar-refractivity contribution in [1.29, 1.82) is 0 Å². The Labute approximate surface area is 349 Å². The Balaban J connectivity index is 1.03. The second-order valence-electron chi connectivity index (χ2n) is 13.9. The van der Waals surface area contributed by atoms with Gasteiger partial charge in [-0.15, -0.1) is 23.1 Å². The number of carbonyl (C=O) groups excluding carboxylic acids is 3. The van der Waals surface area contributed by atoms with E-state index >= 15 is 0 Å². The number of thioether (sulfide) groups is 1. The Kier molecular flexibility index (Phi) is 11.5. The minimum atomic E-state index is -0.971. The van der Waals surface area contributed by atoms with Crippen LogP contribution in [0.3, 0.4) is 0 Å². The molecule has 8 rings (SSSR count). The van der Waals surface area contributed by atoms with E-state index in [0.717, 1.165) is 28.0 Å². The number of oxime groups is 2. The summed E-state index contributed by atoms with van der Waals surface area (Å²) >= 11 is 2.72.